The van der Waals surface area contributed by atoms with Gasteiger partial charge < -0.3 is 15.0 Å². The number of amides is 2. The summed E-state index contributed by atoms with van der Waals surface area (Å²) in [6.45, 7) is 4.57. The summed E-state index contributed by atoms with van der Waals surface area (Å²) in [5.74, 6) is 0.436. The molecule has 0 saturated carbocycles. The summed E-state index contributed by atoms with van der Waals surface area (Å²) in [5, 5.41) is 3.64. The molecular formula is C33H30ClN3O3. The molecule has 40 heavy (non-hydrogen) atoms. The molecule has 0 aromatic heterocycles. The highest BCUT2D eigenvalue weighted by atomic mass is 35.5. The molecule has 0 aliphatic carbocycles. The summed E-state index contributed by atoms with van der Waals surface area (Å²) in [6, 6.07) is 32.2. The lowest BCUT2D eigenvalue weighted by Crippen LogP contribution is -2.36. The van der Waals surface area contributed by atoms with Gasteiger partial charge in [0, 0.05) is 35.9 Å². The van der Waals surface area contributed by atoms with E-state index in [4.69, 9.17) is 16.3 Å². The maximum Gasteiger partial charge on any atom is 0.294 e. The number of para-hydroxylation sites is 3. The predicted molar refractivity (Wildman–Crippen MR) is 161 cm³/mol. The molecule has 0 saturated heterocycles. The van der Waals surface area contributed by atoms with Gasteiger partial charge in [0.2, 0.25) is 0 Å². The van der Waals surface area contributed by atoms with Crippen LogP contribution in [0.15, 0.2) is 109 Å². The first-order valence-electron chi connectivity index (χ1n) is 13.2. The molecule has 2 amide bonds. The van der Waals surface area contributed by atoms with Gasteiger partial charge in [-0.1, -0.05) is 66.2 Å². The predicted octanol–water partition coefficient (Wildman–Crippen LogP) is 6.56. The van der Waals surface area contributed by atoms with Crippen molar-refractivity contribution in [2.24, 2.45) is 0 Å². The van der Waals surface area contributed by atoms with E-state index in [1.165, 1.54) is 0 Å². The van der Waals surface area contributed by atoms with E-state index in [-0.39, 0.29) is 17.6 Å². The molecule has 4 aromatic rings. The van der Waals surface area contributed by atoms with Crippen LogP contribution in [0.4, 0.5) is 11.4 Å². The van der Waals surface area contributed by atoms with Gasteiger partial charge in [-0.25, -0.2) is 0 Å². The Morgan fingerprint density at radius 2 is 1.62 bits per heavy atom. The third-order valence-electron chi connectivity index (χ3n) is 6.73. The Hall–Kier alpha value is -4.55. The zero-order chi connectivity index (χ0) is 27.9. The van der Waals surface area contributed by atoms with Crippen LogP contribution < -0.4 is 19.9 Å². The number of carbonyl (C=O) groups excluding carboxylic acids is 2. The maximum absolute atomic E-state index is 13.5. The fourth-order valence-electron chi connectivity index (χ4n) is 4.59. The van der Waals surface area contributed by atoms with Gasteiger partial charge in [0.05, 0.1) is 12.2 Å². The van der Waals surface area contributed by atoms with E-state index in [9.17, 15) is 9.59 Å². The van der Waals surface area contributed by atoms with Gasteiger partial charge in [-0.2, -0.15) is 0 Å². The number of rotatable bonds is 9. The average molecular weight is 552 g/mol. The van der Waals surface area contributed by atoms with Gasteiger partial charge in [0.25, 0.3) is 11.8 Å². The van der Waals surface area contributed by atoms with Gasteiger partial charge >= 0.3 is 0 Å². The van der Waals surface area contributed by atoms with Crippen molar-refractivity contribution in [3.8, 4) is 5.75 Å². The van der Waals surface area contributed by atoms with Crippen LogP contribution in [0.1, 0.15) is 28.4 Å². The minimum Gasteiger partial charge on any atom is -0.449 e. The van der Waals surface area contributed by atoms with Crippen molar-refractivity contribution >= 4 is 40.9 Å². The smallest absolute Gasteiger partial charge is 0.294 e. The first kappa shape index (κ1) is 27.0. The number of nitrogens with zero attached hydrogens (tertiary/aromatic N) is 2. The molecule has 0 unspecified atom stereocenters. The molecule has 1 aliphatic rings. The molecule has 4 aromatic carbocycles. The van der Waals surface area contributed by atoms with Crippen molar-refractivity contribution in [1.82, 2.24) is 5.32 Å². The fourth-order valence-corrected chi connectivity index (χ4v) is 4.71. The minimum absolute atomic E-state index is 0.142. The SMILES string of the molecule is CCN(CCNC(=O)c1ccc(C=C2Oc3ccccc3N(Cc3ccc(Cl)cc3)C2=O)cc1)c1ccccc1. The minimum atomic E-state index is -0.241. The molecule has 0 bridgehead atoms. The fraction of sp³-hybridized carbons (Fsp3) is 0.152. The lowest BCUT2D eigenvalue weighted by molar-refractivity contribution is -0.117. The summed E-state index contributed by atoms with van der Waals surface area (Å²) >= 11 is 6.04. The van der Waals surface area contributed by atoms with Crippen LogP contribution in [0.2, 0.25) is 5.02 Å². The Balaban J connectivity index is 1.26. The zero-order valence-corrected chi connectivity index (χ0v) is 23.0. The molecule has 1 N–H and O–H groups in total. The number of carbonyl (C=O) groups is 2. The quantitative estimate of drug-likeness (QED) is 0.239. The van der Waals surface area contributed by atoms with Crippen LogP contribution in [0, 0.1) is 0 Å². The number of nitrogens with one attached hydrogen (secondary N) is 1. The monoisotopic (exact) mass is 551 g/mol. The van der Waals surface area contributed by atoms with Gasteiger partial charge in [-0.3, -0.25) is 14.5 Å². The summed E-state index contributed by atoms with van der Waals surface area (Å²) in [6.07, 6.45) is 1.70. The van der Waals surface area contributed by atoms with Gasteiger partial charge in [-0.05, 0) is 72.7 Å². The molecule has 0 fully saturated rings. The maximum atomic E-state index is 13.5. The van der Waals surface area contributed by atoms with E-state index in [2.05, 4.69) is 29.3 Å². The second kappa shape index (κ2) is 12.5. The first-order chi connectivity index (χ1) is 19.5. The number of benzene rings is 4. The first-order valence-corrected chi connectivity index (χ1v) is 13.6. The summed E-state index contributed by atoms with van der Waals surface area (Å²) < 4.78 is 6.00. The van der Waals surface area contributed by atoms with E-state index in [0.29, 0.717) is 41.7 Å². The normalized spacial score (nSPS) is 13.5. The largest absolute Gasteiger partial charge is 0.449 e. The Labute approximate surface area is 239 Å². The van der Waals surface area contributed by atoms with Crippen molar-refractivity contribution < 1.29 is 14.3 Å². The number of ether oxygens (including phenoxy) is 1. The molecule has 7 heteroatoms. The van der Waals surface area contributed by atoms with Crippen LogP contribution in [-0.2, 0) is 11.3 Å². The van der Waals surface area contributed by atoms with Gasteiger partial charge in [0.1, 0.15) is 0 Å². The van der Waals surface area contributed by atoms with E-state index < -0.39 is 0 Å². The number of hydrogen-bond acceptors (Lipinski definition) is 4. The molecule has 1 aliphatic heterocycles. The summed E-state index contributed by atoms with van der Waals surface area (Å²) in [5.41, 5.74) is 4.10. The molecule has 6 nitrogen and oxygen atoms in total. The van der Waals surface area contributed by atoms with E-state index in [0.717, 1.165) is 23.4 Å². The third-order valence-corrected chi connectivity index (χ3v) is 6.98. The number of halogens is 1. The van der Waals surface area contributed by atoms with Gasteiger partial charge in [-0.15, -0.1) is 0 Å². The number of fused-ring (bicyclic) bond motifs is 1. The molecule has 0 radical (unpaired) electrons. The second-order valence-corrected chi connectivity index (χ2v) is 9.83. The van der Waals surface area contributed by atoms with Crippen LogP contribution in [0.3, 0.4) is 0 Å². The standard InChI is InChI=1S/C33H30ClN3O3/c1-2-36(28-8-4-3-5-9-28)21-20-35-32(38)26-16-12-24(13-17-26)22-31-33(39)37(23-25-14-18-27(34)19-15-25)29-10-6-7-11-30(29)40-31/h3-19,22H,2,20-21,23H2,1H3,(H,35,38). The third kappa shape index (κ3) is 6.35. The average Bonchev–Trinajstić information content (AvgIpc) is 2.99. The molecule has 0 spiro atoms. The summed E-state index contributed by atoms with van der Waals surface area (Å²) in [7, 11) is 0. The Bertz CT molecular complexity index is 1500. The Morgan fingerprint density at radius 1 is 0.925 bits per heavy atom. The summed E-state index contributed by atoms with van der Waals surface area (Å²) in [4.78, 5) is 30.1. The Morgan fingerprint density at radius 3 is 2.35 bits per heavy atom. The van der Waals surface area contributed by atoms with Crippen LogP contribution in [-0.4, -0.2) is 31.4 Å². The van der Waals surface area contributed by atoms with Crippen molar-refractivity contribution in [3.05, 3.63) is 131 Å². The van der Waals surface area contributed by atoms with Crippen LogP contribution >= 0.6 is 11.6 Å². The Kier molecular flexibility index (Phi) is 8.47. The van der Waals surface area contributed by atoms with Gasteiger partial charge in [0.15, 0.2) is 11.5 Å². The van der Waals surface area contributed by atoms with E-state index in [1.807, 2.05) is 78.9 Å². The van der Waals surface area contributed by atoms with Crippen molar-refractivity contribution in [2.75, 3.05) is 29.4 Å². The van der Waals surface area contributed by atoms with Crippen LogP contribution in [0.25, 0.3) is 6.08 Å². The highest BCUT2D eigenvalue weighted by molar-refractivity contribution is 6.30. The second-order valence-electron chi connectivity index (χ2n) is 9.39. The zero-order valence-electron chi connectivity index (χ0n) is 22.2. The lowest BCUT2D eigenvalue weighted by Gasteiger charge is -2.30. The van der Waals surface area contributed by atoms with Crippen molar-refractivity contribution in [2.45, 2.75) is 13.5 Å². The van der Waals surface area contributed by atoms with E-state index >= 15 is 0 Å². The highest BCUT2D eigenvalue weighted by Gasteiger charge is 2.30. The van der Waals surface area contributed by atoms with Crippen molar-refractivity contribution in [3.63, 3.8) is 0 Å². The number of anilines is 2. The van der Waals surface area contributed by atoms with E-state index in [1.54, 1.807) is 23.1 Å². The molecule has 0 atom stereocenters. The topological polar surface area (TPSA) is 61.9 Å². The highest BCUT2D eigenvalue weighted by Crippen LogP contribution is 2.36. The number of likely N-dealkylation sites (N-methyl/N-ethyl adjacent to an activating group) is 1. The number of hydrogen-bond donors (Lipinski definition) is 1. The lowest BCUT2D eigenvalue weighted by atomic mass is 10.1. The molecule has 5 rings (SSSR count). The molecule has 202 valence electrons. The molecule has 1 heterocycles. The van der Waals surface area contributed by atoms with Crippen LogP contribution in [0.5, 0.6) is 5.75 Å². The molecular weight excluding hydrogens is 522 g/mol. The van der Waals surface area contributed by atoms with Crippen molar-refractivity contribution in [1.29, 1.82) is 0 Å².